The Morgan fingerprint density at radius 2 is 1.93 bits per heavy atom. The molecule has 1 aliphatic rings. The average Bonchev–Trinajstić information content (AvgIpc) is 2.71. The van der Waals surface area contributed by atoms with Crippen molar-refractivity contribution in [1.29, 1.82) is 0 Å². The smallest absolute Gasteiger partial charge is 0.0278 e. The molecule has 90 valence electrons. The molecule has 1 saturated carbocycles. The molecule has 0 saturated heterocycles. The maximum atomic E-state index is 5.90. The van der Waals surface area contributed by atoms with Gasteiger partial charge in [-0.25, -0.2) is 0 Å². The molecule has 1 unspecified atom stereocenters. The third kappa shape index (κ3) is 4.52. The largest absolute Gasteiger partial charge is 0.329 e. The van der Waals surface area contributed by atoms with E-state index in [1.807, 2.05) is 0 Å². The highest BCUT2D eigenvalue weighted by molar-refractivity contribution is 4.89. The predicted octanol–water partition coefficient (Wildman–Crippen LogP) is 2.82. The molecule has 1 atom stereocenters. The molecule has 0 aromatic rings. The second-order valence-corrected chi connectivity index (χ2v) is 5.35. The molecule has 2 nitrogen and oxygen atoms in total. The highest BCUT2D eigenvalue weighted by Gasteiger charge is 2.26. The average molecular weight is 212 g/mol. The fourth-order valence-electron chi connectivity index (χ4n) is 2.56. The molecule has 1 rings (SSSR count). The number of hydrogen-bond donors (Lipinski definition) is 2. The topological polar surface area (TPSA) is 38.0 Å². The van der Waals surface area contributed by atoms with E-state index in [1.54, 1.807) is 0 Å². The van der Waals surface area contributed by atoms with E-state index in [4.69, 9.17) is 5.73 Å². The van der Waals surface area contributed by atoms with Gasteiger partial charge >= 0.3 is 0 Å². The van der Waals surface area contributed by atoms with Gasteiger partial charge in [0.1, 0.15) is 0 Å². The van der Waals surface area contributed by atoms with E-state index in [-0.39, 0.29) is 5.54 Å². The second kappa shape index (κ2) is 6.49. The molecule has 1 fully saturated rings. The van der Waals surface area contributed by atoms with E-state index in [0.29, 0.717) is 0 Å². The van der Waals surface area contributed by atoms with Gasteiger partial charge in [-0.15, -0.1) is 0 Å². The predicted molar refractivity (Wildman–Crippen MR) is 67.0 cm³/mol. The van der Waals surface area contributed by atoms with Gasteiger partial charge in [-0.05, 0) is 26.2 Å². The van der Waals surface area contributed by atoms with Crippen molar-refractivity contribution < 1.29 is 0 Å². The molecule has 0 aromatic carbocycles. The molecular weight excluding hydrogens is 184 g/mol. The van der Waals surface area contributed by atoms with Crippen LogP contribution >= 0.6 is 0 Å². The third-order valence-electron chi connectivity index (χ3n) is 3.69. The first-order chi connectivity index (χ1) is 7.20. The van der Waals surface area contributed by atoms with Gasteiger partial charge in [0.2, 0.25) is 0 Å². The quantitative estimate of drug-likeness (QED) is 0.637. The van der Waals surface area contributed by atoms with Crippen molar-refractivity contribution >= 4 is 0 Å². The molecule has 0 amide bonds. The van der Waals surface area contributed by atoms with Gasteiger partial charge in [0.25, 0.3) is 0 Å². The molecule has 15 heavy (non-hydrogen) atoms. The van der Waals surface area contributed by atoms with Gasteiger partial charge in [-0.3, -0.25) is 0 Å². The lowest BCUT2D eigenvalue weighted by Crippen LogP contribution is -2.52. The van der Waals surface area contributed by atoms with Crippen molar-refractivity contribution in [3.63, 3.8) is 0 Å². The minimum atomic E-state index is 0.185. The van der Waals surface area contributed by atoms with Crippen LogP contribution in [-0.4, -0.2) is 18.1 Å². The van der Waals surface area contributed by atoms with Crippen molar-refractivity contribution in [1.82, 2.24) is 5.32 Å². The lowest BCUT2D eigenvalue weighted by Gasteiger charge is -2.33. The molecule has 0 aliphatic heterocycles. The van der Waals surface area contributed by atoms with Gasteiger partial charge in [0.15, 0.2) is 0 Å². The van der Waals surface area contributed by atoms with Crippen LogP contribution in [0.5, 0.6) is 0 Å². The summed E-state index contributed by atoms with van der Waals surface area (Å²) >= 11 is 0. The Morgan fingerprint density at radius 3 is 2.47 bits per heavy atom. The summed E-state index contributed by atoms with van der Waals surface area (Å²) in [6.45, 7) is 5.32. The Morgan fingerprint density at radius 1 is 1.27 bits per heavy atom. The Balaban J connectivity index is 2.29. The van der Waals surface area contributed by atoms with Gasteiger partial charge in [-0.2, -0.15) is 0 Å². The minimum absolute atomic E-state index is 0.185. The molecule has 3 N–H and O–H groups in total. The van der Waals surface area contributed by atoms with Crippen molar-refractivity contribution in [3.8, 4) is 0 Å². The molecule has 0 spiro atoms. The van der Waals surface area contributed by atoms with E-state index in [9.17, 15) is 0 Å². The molecule has 0 heterocycles. The Hall–Kier alpha value is -0.0800. The monoisotopic (exact) mass is 212 g/mol. The van der Waals surface area contributed by atoms with Crippen molar-refractivity contribution in [2.45, 2.75) is 76.8 Å². The summed E-state index contributed by atoms with van der Waals surface area (Å²) < 4.78 is 0. The number of nitrogens with one attached hydrogen (secondary N) is 1. The SMILES string of the molecule is CCCCCC(C)(CN)NC1CCCC1. The van der Waals surface area contributed by atoms with Crippen molar-refractivity contribution in [3.05, 3.63) is 0 Å². The number of rotatable bonds is 7. The standard InChI is InChI=1S/C13H28N2/c1-3-4-7-10-13(2,11-14)15-12-8-5-6-9-12/h12,15H,3-11,14H2,1-2H3. The normalized spacial score (nSPS) is 21.8. The highest BCUT2D eigenvalue weighted by atomic mass is 15.0. The molecule has 0 bridgehead atoms. The Labute approximate surface area is 95.0 Å². The van der Waals surface area contributed by atoms with Crippen LogP contribution in [0.15, 0.2) is 0 Å². The third-order valence-corrected chi connectivity index (χ3v) is 3.69. The first-order valence-corrected chi connectivity index (χ1v) is 6.68. The summed E-state index contributed by atoms with van der Waals surface area (Å²) in [7, 11) is 0. The second-order valence-electron chi connectivity index (χ2n) is 5.35. The van der Waals surface area contributed by atoms with E-state index in [2.05, 4.69) is 19.2 Å². The van der Waals surface area contributed by atoms with Crippen LogP contribution in [0, 0.1) is 0 Å². The highest BCUT2D eigenvalue weighted by Crippen LogP contribution is 2.22. The summed E-state index contributed by atoms with van der Waals surface area (Å²) in [4.78, 5) is 0. The van der Waals surface area contributed by atoms with Gasteiger partial charge in [0.05, 0.1) is 0 Å². The first kappa shape index (κ1) is 13.0. The van der Waals surface area contributed by atoms with Crippen molar-refractivity contribution in [2.75, 3.05) is 6.54 Å². The first-order valence-electron chi connectivity index (χ1n) is 6.68. The van der Waals surface area contributed by atoms with Crippen molar-refractivity contribution in [2.24, 2.45) is 5.73 Å². The summed E-state index contributed by atoms with van der Waals surface area (Å²) in [5.74, 6) is 0. The maximum Gasteiger partial charge on any atom is 0.0278 e. The van der Waals surface area contributed by atoms with Crippen LogP contribution in [0.3, 0.4) is 0 Å². The number of unbranched alkanes of at least 4 members (excludes halogenated alkanes) is 2. The molecular formula is C13H28N2. The van der Waals surface area contributed by atoms with E-state index < -0.39 is 0 Å². The molecule has 1 aliphatic carbocycles. The lowest BCUT2D eigenvalue weighted by molar-refractivity contribution is 0.288. The van der Waals surface area contributed by atoms with Crippen LogP contribution in [0.4, 0.5) is 0 Å². The molecule has 0 radical (unpaired) electrons. The number of hydrogen-bond acceptors (Lipinski definition) is 2. The van der Waals surface area contributed by atoms with Crippen LogP contribution in [0.25, 0.3) is 0 Å². The number of nitrogens with two attached hydrogens (primary N) is 1. The zero-order valence-electron chi connectivity index (χ0n) is 10.5. The molecule has 2 heteroatoms. The van der Waals surface area contributed by atoms with Gasteiger partial charge in [-0.1, -0.05) is 39.0 Å². The fraction of sp³-hybridized carbons (Fsp3) is 1.00. The maximum absolute atomic E-state index is 5.90. The van der Waals surface area contributed by atoms with Crippen LogP contribution in [0.1, 0.15) is 65.2 Å². The fourth-order valence-corrected chi connectivity index (χ4v) is 2.56. The van der Waals surface area contributed by atoms with Crippen LogP contribution in [0.2, 0.25) is 0 Å². The van der Waals surface area contributed by atoms with E-state index >= 15 is 0 Å². The van der Waals surface area contributed by atoms with Gasteiger partial charge < -0.3 is 11.1 Å². The Bertz CT molecular complexity index is 164. The summed E-state index contributed by atoms with van der Waals surface area (Å²) in [5, 5.41) is 3.78. The lowest BCUT2D eigenvalue weighted by atomic mass is 9.93. The Kier molecular flexibility index (Phi) is 5.62. The van der Waals surface area contributed by atoms with E-state index in [1.165, 1.54) is 51.4 Å². The summed E-state index contributed by atoms with van der Waals surface area (Å²) in [5.41, 5.74) is 6.09. The minimum Gasteiger partial charge on any atom is -0.329 e. The van der Waals surface area contributed by atoms with Gasteiger partial charge in [0, 0.05) is 18.1 Å². The molecule has 0 aromatic heterocycles. The zero-order valence-corrected chi connectivity index (χ0v) is 10.5. The van der Waals surface area contributed by atoms with E-state index in [0.717, 1.165) is 12.6 Å². The van der Waals surface area contributed by atoms with Crippen LogP contribution < -0.4 is 11.1 Å². The summed E-state index contributed by atoms with van der Waals surface area (Å²) in [6, 6.07) is 0.736. The summed E-state index contributed by atoms with van der Waals surface area (Å²) in [6.07, 6.45) is 10.7. The van der Waals surface area contributed by atoms with Crippen LogP contribution in [-0.2, 0) is 0 Å². The zero-order chi connectivity index (χ0) is 11.1.